The Labute approximate surface area is 172 Å². The van der Waals surface area contributed by atoms with Crippen molar-refractivity contribution >= 4 is 17.7 Å². The van der Waals surface area contributed by atoms with Crippen molar-refractivity contribution < 1.29 is 14.4 Å². The van der Waals surface area contributed by atoms with Crippen LogP contribution in [0.4, 0.5) is 0 Å². The number of amides is 3. The molecule has 3 fully saturated rings. The molecule has 1 aliphatic carbocycles. The first-order valence-corrected chi connectivity index (χ1v) is 11.0. The molecule has 1 aromatic carbocycles. The Hall–Kier alpha value is -2.21. The quantitative estimate of drug-likeness (QED) is 0.718. The lowest BCUT2D eigenvalue weighted by Crippen LogP contribution is -2.35. The van der Waals surface area contributed by atoms with Crippen LogP contribution in [0.2, 0.25) is 0 Å². The van der Waals surface area contributed by atoms with Gasteiger partial charge in [0, 0.05) is 26.1 Å². The highest BCUT2D eigenvalue weighted by molar-refractivity contribution is 6.05. The van der Waals surface area contributed by atoms with E-state index in [4.69, 9.17) is 0 Å². The topological polar surface area (TPSA) is 69.7 Å². The number of carbonyl (C=O) groups is 3. The molecule has 2 saturated heterocycles. The normalized spacial score (nSPS) is 24.8. The molecule has 156 valence electrons. The van der Waals surface area contributed by atoms with Gasteiger partial charge in [-0.3, -0.25) is 24.2 Å². The van der Waals surface area contributed by atoms with E-state index >= 15 is 0 Å². The van der Waals surface area contributed by atoms with Crippen LogP contribution in [-0.4, -0.2) is 47.2 Å². The average molecular weight is 398 g/mol. The van der Waals surface area contributed by atoms with Gasteiger partial charge in [-0.05, 0) is 49.9 Å². The van der Waals surface area contributed by atoms with Crippen LogP contribution in [0.5, 0.6) is 0 Å². The van der Waals surface area contributed by atoms with E-state index in [2.05, 4.69) is 34.5 Å². The van der Waals surface area contributed by atoms with E-state index in [0.717, 1.165) is 37.8 Å². The maximum absolute atomic E-state index is 12.5. The van der Waals surface area contributed by atoms with E-state index in [-0.39, 0.29) is 42.5 Å². The van der Waals surface area contributed by atoms with Gasteiger partial charge in [-0.15, -0.1) is 0 Å². The third-order valence-corrected chi connectivity index (χ3v) is 6.61. The second kappa shape index (κ2) is 9.08. The Kier molecular flexibility index (Phi) is 6.28. The summed E-state index contributed by atoms with van der Waals surface area (Å²) in [7, 11) is 0. The van der Waals surface area contributed by atoms with E-state index in [1.165, 1.54) is 36.4 Å². The molecule has 2 aliphatic heterocycles. The Balaban J connectivity index is 1.21. The van der Waals surface area contributed by atoms with Gasteiger partial charge in [0.05, 0.1) is 11.8 Å². The zero-order valence-corrected chi connectivity index (χ0v) is 17.1. The fourth-order valence-corrected chi connectivity index (χ4v) is 4.92. The summed E-state index contributed by atoms with van der Waals surface area (Å²) in [6, 6.07) is 8.38. The van der Waals surface area contributed by atoms with Gasteiger partial charge in [-0.1, -0.05) is 37.1 Å². The minimum atomic E-state index is -0.140. The SMILES string of the molecule is O=C(CCN1C(=O)[C@@H]2CCCC[C@H]2C1=O)NCc1ccc(CN2CCCC2)cc1. The summed E-state index contributed by atoms with van der Waals surface area (Å²) in [5.41, 5.74) is 2.36. The number of imide groups is 1. The first-order valence-electron chi connectivity index (χ1n) is 11.0. The second-order valence-corrected chi connectivity index (χ2v) is 8.65. The number of benzene rings is 1. The van der Waals surface area contributed by atoms with Crippen LogP contribution < -0.4 is 5.32 Å². The molecule has 1 aromatic rings. The van der Waals surface area contributed by atoms with Crippen LogP contribution in [0.1, 0.15) is 56.1 Å². The maximum atomic E-state index is 12.5. The van der Waals surface area contributed by atoms with Gasteiger partial charge in [0.15, 0.2) is 0 Å². The van der Waals surface area contributed by atoms with Crippen LogP contribution in [0.25, 0.3) is 0 Å². The van der Waals surface area contributed by atoms with Gasteiger partial charge in [-0.25, -0.2) is 0 Å². The van der Waals surface area contributed by atoms with Crippen molar-refractivity contribution in [3.8, 4) is 0 Å². The highest BCUT2D eigenvalue weighted by Crippen LogP contribution is 2.37. The van der Waals surface area contributed by atoms with Gasteiger partial charge in [0.1, 0.15) is 0 Å². The summed E-state index contributed by atoms with van der Waals surface area (Å²) in [5.74, 6) is -0.541. The predicted molar refractivity (Wildman–Crippen MR) is 110 cm³/mol. The monoisotopic (exact) mass is 397 g/mol. The minimum absolute atomic E-state index is 0.0684. The lowest BCUT2D eigenvalue weighted by atomic mass is 9.81. The molecule has 3 aliphatic rings. The third kappa shape index (κ3) is 4.69. The van der Waals surface area contributed by atoms with Crippen LogP contribution >= 0.6 is 0 Å². The molecule has 1 N–H and O–H groups in total. The van der Waals surface area contributed by atoms with E-state index in [0.29, 0.717) is 6.54 Å². The van der Waals surface area contributed by atoms with E-state index < -0.39 is 0 Å². The van der Waals surface area contributed by atoms with Gasteiger partial charge < -0.3 is 5.32 Å². The molecule has 6 heteroatoms. The summed E-state index contributed by atoms with van der Waals surface area (Å²) in [5, 5.41) is 2.91. The van der Waals surface area contributed by atoms with Gasteiger partial charge in [0.2, 0.25) is 17.7 Å². The predicted octanol–water partition coefficient (Wildman–Crippen LogP) is 2.46. The summed E-state index contributed by atoms with van der Waals surface area (Å²) in [6.45, 7) is 4.02. The van der Waals surface area contributed by atoms with Crippen molar-refractivity contribution in [2.45, 2.75) is 58.0 Å². The smallest absolute Gasteiger partial charge is 0.233 e. The van der Waals surface area contributed by atoms with Crippen LogP contribution in [-0.2, 0) is 27.5 Å². The largest absolute Gasteiger partial charge is 0.352 e. The lowest BCUT2D eigenvalue weighted by molar-refractivity contribution is -0.140. The third-order valence-electron chi connectivity index (χ3n) is 6.61. The highest BCUT2D eigenvalue weighted by atomic mass is 16.2. The number of likely N-dealkylation sites (tertiary alicyclic amines) is 2. The summed E-state index contributed by atoms with van der Waals surface area (Å²) in [4.78, 5) is 41.0. The van der Waals surface area contributed by atoms with Crippen molar-refractivity contribution in [1.29, 1.82) is 0 Å². The first-order chi connectivity index (χ1) is 14.1. The zero-order valence-electron chi connectivity index (χ0n) is 17.1. The first kappa shape index (κ1) is 20.1. The Bertz CT molecular complexity index is 731. The van der Waals surface area contributed by atoms with Gasteiger partial charge >= 0.3 is 0 Å². The molecule has 2 heterocycles. The number of hydrogen-bond acceptors (Lipinski definition) is 4. The molecule has 1 saturated carbocycles. The molecule has 0 spiro atoms. The molecular weight excluding hydrogens is 366 g/mol. The van der Waals surface area contributed by atoms with Crippen molar-refractivity contribution in [3.63, 3.8) is 0 Å². The van der Waals surface area contributed by atoms with Crippen LogP contribution in [0.3, 0.4) is 0 Å². The van der Waals surface area contributed by atoms with Crippen molar-refractivity contribution in [2.24, 2.45) is 11.8 Å². The Morgan fingerprint density at radius 2 is 1.48 bits per heavy atom. The summed E-state index contributed by atoms with van der Waals surface area (Å²) < 4.78 is 0. The number of hydrogen-bond donors (Lipinski definition) is 1. The number of rotatable bonds is 7. The molecule has 2 atom stereocenters. The second-order valence-electron chi connectivity index (χ2n) is 8.65. The fraction of sp³-hybridized carbons (Fsp3) is 0.609. The molecule has 0 unspecified atom stereocenters. The molecule has 0 aromatic heterocycles. The van der Waals surface area contributed by atoms with Crippen LogP contribution in [0, 0.1) is 11.8 Å². The molecule has 29 heavy (non-hydrogen) atoms. The summed E-state index contributed by atoms with van der Waals surface area (Å²) >= 11 is 0. The average Bonchev–Trinajstić information content (AvgIpc) is 3.33. The summed E-state index contributed by atoms with van der Waals surface area (Å²) in [6.07, 6.45) is 6.41. The number of nitrogens with one attached hydrogen (secondary N) is 1. The maximum Gasteiger partial charge on any atom is 0.233 e. The minimum Gasteiger partial charge on any atom is -0.352 e. The highest BCUT2D eigenvalue weighted by Gasteiger charge is 2.47. The van der Waals surface area contributed by atoms with Crippen molar-refractivity contribution in [1.82, 2.24) is 15.1 Å². The Morgan fingerprint density at radius 3 is 2.10 bits per heavy atom. The van der Waals surface area contributed by atoms with E-state index in [1.807, 2.05) is 0 Å². The van der Waals surface area contributed by atoms with Crippen LogP contribution in [0.15, 0.2) is 24.3 Å². The fourth-order valence-electron chi connectivity index (χ4n) is 4.92. The van der Waals surface area contributed by atoms with Gasteiger partial charge in [-0.2, -0.15) is 0 Å². The van der Waals surface area contributed by atoms with Crippen molar-refractivity contribution in [3.05, 3.63) is 35.4 Å². The number of carbonyl (C=O) groups excluding carboxylic acids is 3. The molecular formula is C23H31N3O3. The van der Waals surface area contributed by atoms with E-state index in [1.54, 1.807) is 0 Å². The lowest BCUT2D eigenvalue weighted by Gasteiger charge is -2.19. The zero-order chi connectivity index (χ0) is 20.2. The Morgan fingerprint density at radius 1 is 0.897 bits per heavy atom. The van der Waals surface area contributed by atoms with E-state index in [9.17, 15) is 14.4 Å². The number of nitrogens with zero attached hydrogens (tertiary/aromatic N) is 2. The molecule has 0 bridgehead atoms. The molecule has 0 radical (unpaired) electrons. The number of fused-ring (bicyclic) bond motifs is 1. The molecule has 4 rings (SSSR count). The molecule has 3 amide bonds. The van der Waals surface area contributed by atoms with Gasteiger partial charge in [0.25, 0.3) is 0 Å². The van der Waals surface area contributed by atoms with Crippen molar-refractivity contribution in [2.75, 3.05) is 19.6 Å². The standard InChI is InChI=1S/C23H31N3O3/c27-21(11-14-26-22(28)19-5-1-2-6-20(19)23(26)29)24-15-17-7-9-18(10-8-17)16-25-12-3-4-13-25/h7-10,19-20H,1-6,11-16H2,(H,24,27)/t19-,20-/m1/s1. The molecule has 6 nitrogen and oxygen atoms in total.